The number of carbonyl (C=O) groups is 1. The molecule has 12 heteroatoms. The third-order valence-electron chi connectivity index (χ3n) is 7.88. The van der Waals surface area contributed by atoms with Crippen LogP contribution in [0.3, 0.4) is 0 Å². The number of benzene rings is 1. The zero-order chi connectivity index (χ0) is 27.6. The summed E-state index contributed by atoms with van der Waals surface area (Å²) >= 11 is 0. The van der Waals surface area contributed by atoms with E-state index in [9.17, 15) is 18.0 Å². The lowest BCUT2D eigenvalue weighted by atomic mass is 9.97. The molecule has 2 saturated heterocycles. The van der Waals surface area contributed by atoms with Gasteiger partial charge in [-0.3, -0.25) is 4.79 Å². The number of piperidine rings is 1. The van der Waals surface area contributed by atoms with Crippen LogP contribution in [-0.2, 0) is 28.6 Å². The number of alkyl halides is 3. The van der Waals surface area contributed by atoms with Gasteiger partial charge in [0, 0.05) is 52.0 Å². The first-order valence-corrected chi connectivity index (χ1v) is 13.3. The second-order valence-electron chi connectivity index (χ2n) is 10.2. The van der Waals surface area contributed by atoms with Crippen molar-refractivity contribution in [2.45, 2.75) is 56.6 Å². The molecule has 0 bridgehead atoms. The average molecular weight is 550 g/mol. The predicted molar refractivity (Wildman–Crippen MR) is 137 cm³/mol. The van der Waals surface area contributed by atoms with Crippen LogP contribution >= 0.6 is 0 Å². The van der Waals surface area contributed by atoms with Gasteiger partial charge < -0.3 is 29.3 Å². The molecule has 1 N–H and O–H groups in total. The Morgan fingerprint density at radius 1 is 1.10 bits per heavy atom. The molecule has 1 aromatic heterocycles. The summed E-state index contributed by atoms with van der Waals surface area (Å²) in [6.07, 6.45) is -0.0451. The van der Waals surface area contributed by atoms with E-state index in [-0.39, 0.29) is 42.1 Å². The second kappa shape index (κ2) is 11.6. The minimum Gasteiger partial charge on any atom is -0.491 e. The number of hydrogen-bond acceptors (Lipinski definition) is 8. The summed E-state index contributed by atoms with van der Waals surface area (Å²) in [6, 6.07) is 4.34. The number of nitrogens with zero attached hydrogens (tertiary/aromatic N) is 4. The maximum Gasteiger partial charge on any atom is 0.416 e. The fourth-order valence-corrected chi connectivity index (χ4v) is 5.68. The molecule has 9 nitrogen and oxygen atoms in total. The second-order valence-corrected chi connectivity index (χ2v) is 10.2. The van der Waals surface area contributed by atoms with Crippen molar-refractivity contribution in [3.63, 3.8) is 0 Å². The Morgan fingerprint density at radius 3 is 2.62 bits per heavy atom. The van der Waals surface area contributed by atoms with Crippen LogP contribution in [0, 0.1) is 0 Å². The number of anilines is 1. The SMILES string of the molecule is COc1c(C(=O)N2CCC(NC3CCOCC3OC)CC2)ncnc1N1CCc2ccc(C(F)(F)F)cc2C1. The lowest BCUT2D eigenvalue weighted by molar-refractivity contribution is -0.137. The fourth-order valence-electron chi connectivity index (χ4n) is 5.68. The molecular weight excluding hydrogens is 515 g/mol. The quantitative estimate of drug-likeness (QED) is 0.589. The van der Waals surface area contributed by atoms with Crippen molar-refractivity contribution < 1.29 is 32.2 Å². The van der Waals surface area contributed by atoms with Gasteiger partial charge in [-0.2, -0.15) is 13.2 Å². The van der Waals surface area contributed by atoms with Crippen molar-refractivity contribution in [2.24, 2.45) is 0 Å². The van der Waals surface area contributed by atoms with Crippen LogP contribution in [0.2, 0.25) is 0 Å². The van der Waals surface area contributed by atoms with Crippen molar-refractivity contribution in [1.29, 1.82) is 0 Å². The van der Waals surface area contributed by atoms with E-state index in [1.54, 1.807) is 12.0 Å². The smallest absolute Gasteiger partial charge is 0.416 e. The number of carbonyl (C=O) groups excluding carboxylic acids is 1. The summed E-state index contributed by atoms with van der Waals surface area (Å²) in [6.45, 7) is 3.18. The van der Waals surface area contributed by atoms with Crippen molar-refractivity contribution >= 4 is 11.7 Å². The van der Waals surface area contributed by atoms with Crippen LogP contribution < -0.4 is 15.0 Å². The van der Waals surface area contributed by atoms with Crippen molar-refractivity contribution in [1.82, 2.24) is 20.2 Å². The molecule has 2 aromatic rings. The van der Waals surface area contributed by atoms with E-state index in [4.69, 9.17) is 14.2 Å². The minimum atomic E-state index is -4.41. The van der Waals surface area contributed by atoms with E-state index in [1.165, 1.54) is 25.6 Å². The van der Waals surface area contributed by atoms with Crippen LogP contribution in [0.4, 0.5) is 19.0 Å². The number of hydrogen-bond donors (Lipinski definition) is 1. The number of fused-ring (bicyclic) bond motifs is 1. The number of methoxy groups -OCH3 is 2. The molecule has 3 aliphatic heterocycles. The van der Waals surface area contributed by atoms with Crippen LogP contribution in [-0.4, -0.2) is 86.0 Å². The van der Waals surface area contributed by atoms with Crippen molar-refractivity contribution in [3.05, 3.63) is 46.9 Å². The van der Waals surface area contributed by atoms with Gasteiger partial charge in [-0.25, -0.2) is 9.97 Å². The van der Waals surface area contributed by atoms with Gasteiger partial charge in [-0.15, -0.1) is 0 Å². The van der Waals surface area contributed by atoms with Crippen LogP contribution in [0.1, 0.15) is 46.4 Å². The topological polar surface area (TPSA) is 89.0 Å². The Bertz CT molecular complexity index is 1170. The molecule has 0 aliphatic carbocycles. The zero-order valence-corrected chi connectivity index (χ0v) is 22.2. The Balaban J connectivity index is 1.27. The highest BCUT2D eigenvalue weighted by Crippen LogP contribution is 2.36. The maximum atomic E-state index is 13.5. The summed E-state index contributed by atoms with van der Waals surface area (Å²) < 4.78 is 56.5. The molecule has 3 aliphatic rings. The molecule has 5 rings (SSSR count). The first kappa shape index (κ1) is 27.6. The summed E-state index contributed by atoms with van der Waals surface area (Å²) in [4.78, 5) is 25.7. The van der Waals surface area contributed by atoms with Gasteiger partial charge in [-0.1, -0.05) is 6.07 Å². The normalized spacial score (nSPS) is 22.5. The van der Waals surface area contributed by atoms with E-state index < -0.39 is 11.7 Å². The summed E-state index contributed by atoms with van der Waals surface area (Å²) in [5, 5.41) is 3.68. The highest BCUT2D eigenvalue weighted by molar-refractivity contribution is 5.96. The molecule has 1 aromatic carbocycles. The average Bonchev–Trinajstić information content (AvgIpc) is 2.96. The number of halogens is 3. The number of nitrogens with one attached hydrogen (secondary N) is 1. The number of amides is 1. The van der Waals surface area contributed by atoms with Gasteiger partial charge in [0.2, 0.25) is 0 Å². The molecule has 2 unspecified atom stereocenters. The van der Waals surface area contributed by atoms with Crippen molar-refractivity contribution in [2.75, 3.05) is 52.0 Å². The van der Waals surface area contributed by atoms with Gasteiger partial charge >= 0.3 is 6.18 Å². The maximum absolute atomic E-state index is 13.5. The van der Waals surface area contributed by atoms with Gasteiger partial charge in [-0.05, 0) is 48.9 Å². The number of ether oxygens (including phenoxy) is 3. The Hall–Kier alpha value is -2.96. The molecule has 0 saturated carbocycles. The molecular formula is C27H34F3N5O4. The molecule has 2 atom stereocenters. The summed E-state index contributed by atoms with van der Waals surface area (Å²) in [5.74, 6) is 0.399. The largest absolute Gasteiger partial charge is 0.491 e. The van der Waals surface area contributed by atoms with Crippen LogP contribution in [0.15, 0.2) is 24.5 Å². The zero-order valence-electron chi connectivity index (χ0n) is 22.2. The van der Waals surface area contributed by atoms with Crippen LogP contribution in [0.25, 0.3) is 0 Å². The molecule has 0 spiro atoms. The number of aromatic nitrogens is 2. The Kier molecular flexibility index (Phi) is 8.24. The Labute approximate surface area is 225 Å². The van der Waals surface area contributed by atoms with Crippen molar-refractivity contribution in [3.8, 4) is 5.75 Å². The minimum absolute atomic E-state index is 0.0175. The molecule has 1 amide bonds. The summed E-state index contributed by atoms with van der Waals surface area (Å²) in [7, 11) is 3.15. The molecule has 4 heterocycles. The van der Waals surface area contributed by atoms with Crippen LogP contribution in [0.5, 0.6) is 5.75 Å². The predicted octanol–water partition coefficient (Wildman–Crippen LogP) is 3.06. The molecule has 212 valence electrons. The van der Waals surface area contributed by atoms with E-state index >= 15 is 0 Å². The van der Waals surface area contributed by atoms with Gasteiger partial charge in [0.15, 0.2) is 17.3 Å². The highest BCUT2D eigenvalue weighted by Gasteiger charge is 2.34. The lowest BCUT2D eigenvalue weighted by Crippen LogP contribution is -2.54. The highest BCUT2D eigenvalue weighted by atomic mass is 19.4. The van der Waals surface area contributed by atoms with Gasteiger partial charge in [0.05, 0.1) is 25.4 Å². The number of likely N-dealkylation sites (tertiary alicyclic amines) is 1. The standard InChI is InChI=1S/C27H34F3N5O4/c1-37-22-15-39-12-8-21(22)33-20-6-10-34(11-7-20)26(36)23-24(38-2)25(32-16-31-23)35-9-5-17-3-4-19(27(28,29)30)13-18(17)14-35/h3-4,13,16,20-22,33H,5-12,14-15H2,1-2H3. The first-order chi connectivity index (χ1) is 18.8. The van der Waals surface area contributed by atoms with E-state index in [2.05, 4.69) is 15.3 Å². The lowest BCUT2D eigenvalue weighted by Gasteiger charge is -2.38. The van der Waals surface area contributed by atoms with Gasteiger partial charge in [0.25, 0.3) is 5.91 Å². The first-order valence-electron chi connectivity index (χ1n) is 13.3. The van der Waals surface area contributed by atoms with E-state index in [0.29, 0.717) is 50.7 Å². The Morgan fingerprint density at radius 2 is 1.90 bits per heavy atom. The van der Waals surface area contributed by atoms with Gasteiger partial charge in [0.1, 0.15) is 6.33 Å². The fraction of sp³-hybridized carbons (Fsp3) is 0.593. The monoisotopic (exact) mass is 549 g/mol. The number of rotatable bonds is 6. The van der Waals surface area contributed by atoms with E-state index in [0.717, 1.165) is 30.9 Å². The third kappa shape index (κ3) is 5.97. The summed E-state index contributed by atoms with van der Waals surface area (Å²) in [5.41, 5.74) is 0.936. The molecule has 39 heavy (non-hydrogen) atoms. The van der Waals surface area contributed by atoms with E-state index in [1.807, 2.05) is 4.90 Å². The molecule has 2 fully saturated rings. The molecule has 0 radical (unpaired) electrons. The third-order valence-corrected chi connectivity index (χ3v) is 7.88.